The minimum Gasteiger partial charge on any atom is -0.494 e. The van der Waals surface area contributed by atoms with Gasteiger partial charge in [0.25, 0.3) is 0 Å². The van der Waals surface area contributed by atoms with Crippen molar-refractivity contribution in [2.45, 2.75) is 0 Å². The predicted molar refractivity (Wildman–Crippen MR) is 71.1 cm³/mol. The summed E-state index contributed by atoms with van der Waals surface area (Å²) in [6.07, 6.45) is 7.04. The Balaban J connectivity index is 2.02. The zero-order valence-corrected chi connectivity index (χ0v) is 10.4. The van der Waals surface area contributed by atoms with E-state index < -0.39 is 0 Å². The van der Waals surface area contributed by atoms with Crippen molar-refractivity contribution in [3.05, 3.63) is 55.1 Å². The summed E-state index contributed by atoms with van der Waals surface area (Å²) in [6.45, 7) is 0. The van der Waals surface area contributed by atoms with Gasteiger partial charge in [-0.2, -0.15) is 5.10 Å². The quantitative estimate of drug-likeness (QED) is 0.718. The summed E-state index contributed by atoms with van der Waals surface area (Å²) in [5.74, 6) is 1.43. The van der Waals surface area contributed by atoms with E-state index in [-0.39, 0.29) is 0 Å². The lowest BCUT2D eigenvalue weighted by molar-refractivity contribution is 0.411. The van der Waals surface area contributed by atoms with Crippen molar-refractivity contribution in [3.63, 3.8) is 0 Å². The van der Waals surface area contributed by atoms with Gasteiger partial charge < -0.3 is 4.74 Å². The second-order valence-corrected chi connectivity index (χ2v) is 3.92. The summed E-state index contributed by atoms with van der Waals surface area (Å²) in [5, 5.41) is 4.33. The number of methoxy groups -OCH3 is 1. The van der Waals surface area contributed by atoms with Crippen LogP contribution in [0.15, 0.2) is 55.1 Å². The molecule has 0 saturated heterocycles. The number of nitrogens with zero attached hydrogens (tertiary/aromatic N) is 4. The molecular formula is C14H12N4O. The zero-order chi connectivity index (χ0) is 13.1. The van der Waals surface area contributed by atoms with Crippen LogP contribution >= 0.6 is 0 Å². The van der Waals surface area contributed by atoms with E-state index in [1.807, 2.05) is 30.5 Å². The monoisotopic (exact) mass is 252 g/mol. The van der Waals surface area contributed by atoms with Gasteiger partial charge in [-0.05, 0) is 18.2 Å². The van der Waals surface area contributed by atoms with Crippen molar-refractivity contribution in [2.75, 3.05) is 7.11 Å². The standard InChI is InChI=1S/C14H12N4O/c1-19-13-6-3-2-5-12(13)18-10-11(9-17-18)14-15-7-4-8-16-14/h2-10H,1H3. The van der Waals surface area contributed by atoms with Crippen molar-refractivity contribution >= 4 is 0 Å². The molecule has 19 heavy (non-hydrogen) atoms. The molecule has 0 radical (unpaired) electrons. The smallest absolute Gasteiger partial charge is 0.162 e. The first-order valence-electron chi connectivity index (χ1n) is 5.84. The number of ether oxygens (including phenoxy) is 1. The van der Waals surface area contributed by atoms with E-state index in [9.17, 15) is 0 Å². The molecule has 0 saturated carbocycles. The van der Waals surface area contributed by atoms with Crippen LogP contribution in [0.25, 0.3) is 17.1 Å². The fourth-order valence-corrected chi connectivity index (χ4v) is 1.84. The molecule has 1 aromatic carbocycles. The van der Waals surface area contributed by atoms with Gasteiger partial charge in [-0.25, -0.2) is 14.6 Å². The molecule has 5 heteroatoms. The lowest BCUT2D eigenvalue weighted by Gasteiger charge is -2.07. The lowest BCUT2D eigenvalue weighted by atomic mass is 10.3. The fourth-order valence-electron chi connectivity index (χ4n) is 1.84. The van der Waals surface area contributed by atoms with Crippen molar-refractivity contribution in [1.29, 1.82) is 0 Å². The molecule has 2 aromatic heterocycles. The van der Waals surface area contributed by atoms with E-state index in [0.29, 0.717) is 5.82 Å². The van der Waals surface area contributed by atoms with E-state index in [1.54, 1.807) is 36.4 Å². The Labute approximate surface area is 110 Å². The van der Waals surface area contributed by atoms with Crippen LogP contribution in [0.3, 0.4) is 0 Å². The van der Waals surface area contributed by atoms with Gasteiger partial charge in [0.05, 0.1) is 18.9 Å². The molecule has 0 unspecified atom stereocenters. The molecule has 0 bridgehead atoms. The minimum atomic E-state index is 0.656. The highest BCUT2D eigenvalue weighted by Gasteiger charge is 2.08. The Morgan fingerprint density at radius 2 is 1.84 bits per heavy atom. The molecule has 0 atom stereocenters. The summed E-state index contributed by atoms with van der Waals surface area (Å²) in [4.78, 5) is 8.41. The summed E-state index contributed by atoms with van der Waals surface area (Å²) in [5.41, 5.74) is 1.75. The van der Waals surface area contributed by atoms with E-state index in [2.05, 4.69) is 15.1 Å². The lowest BCUT2D eigenvalue weighted by Crippen LogP contribution is -1.97. The molecule has 3 rings (SSSR count). The predicted octanol–water partition coefficient (Wildman–Crippen LogP) is 2.34. The summed E-state index contributed by atoms with van der Waals surface area (Å²) in [6, 6.07) is 9.50. The molecule has 0 spiro atoms. The van der Waals surface area contributed by atoms with Crippen molar-refractivity contribution in [2.24, 2.45) is 0 Å². The highest BCUT2D eigenvalue weighted by atomic mass is 16.5. The van der Waals surface area contributed by atoms with E-state index >= 15 is 0 Å². The first-order chi connectivity index (χ1) is 9.38. The topological polar surface area (TPSA) is 52.8 Å². The van der Waals surface area contributed by atoms with Gasteiger partial charge in [-0.3, -0.25) is 0 Å². The Morgan fingerprint density at radius 1 is 1.05 bits per heavy atom. The third-order valence-electron chi connectivity index (χ3n) is 2.74. The van der Waals surface area contributed by atoms with Gasteiger partial charge >= 0.3 is 0 Å². The zero-order valence-electron chi connectivity index (χ0n) is 10.4. The third-order valence-corrected chi connectivity index (χ3v) is 2.74. The molecule has 0 fully saturated rings. The highest BCUT2D eigenvalue weighted by Crippen LogP contribution is 2.23. The van der Waals surface area contributed by atoms with E-state index in [4.69, 9.17) is 4.74 Å². The van der Waals surface area contributed by atoms with Crippen LogP contribution in [0, 0.1) is 0 Å². The van der Waals surface area contributed by atoms with Gasteiger partial charge in [0.15, 0.2) is 5.82 Å². The SMILES string of the molecule is COc1ccccc1-n1cc(-c2ncccn2)cn1. The second kappa shape index (κ2) is 4.89. The number of para-hydroxylation sites is 2. The molecule has 0 aliphatic rings. The van der Waals surface area contributed by atoms with Crippen molar-refractivity contribution in [1.82, 2.24) is 19.7 Å². The number of benzene rings is 1. The first-order valence-corrected chi connectivity index (χ1v) is 5.84. The molecule has 0 aliphatic carbocycles. The molecule has 94 valence electrons. The molecule has 0 N–H and O–H groups in total. The molecular weight excluding hydrogens is 240 g/mol. The number of hydrogen-bond acceptors (Lipinski definition) is 4. The second-order valence-electron chi connectivity index (χ2n) is 3.92. The Bertz CT molecular complexity index is 679. The highest BCUT2D eigenvalue weighted by molar-refractivity contribution is 5.54. The van der Waals surface area contributed by atoms with Gasteiger partial charge in [-0.1, -0.05) is 12.1 Å². The number of aromatic nitrogens is 4. The van der Waals surface area contributed by atoms with Crippen LogP contribution in [-0.2, 0) is 0 Å². The largest absolute Gasteiger partial charge is 0.494 e. The van der Waals surface area contributed by atoms with Crippen LogP contribution in [0.1, 0.15) is 0 Å². The first kappa shape index (κ1) is 11.4. The van der Waals surface area contributed by atoms with Crippen LogP contribution in [0.4, 0.5) is 0 Å². The van der Waals surface area contributed by atoms with Crippen molar-refractivity contribution < 1.29 is 4.74 Å². The Hall–Kier alpha value is -2.69. The summed E-state index contributed by atoms with van der Waals surface area (Å²) >= 11 is 0. The maximum Gasteiger partial charge on any atom is 0.162 e. The number of rotatable bonds is 3. The molecule has 0 aliphatic heterocycles. The number of hydrogen-bond donors (Lipinski definition) is 0. The summed E-state index contributed by atoms with van der Waals surface area (Å²) in [7, 11) is 1.64. The molecule has 3 aromatic rings. The fraction of sp³-hybridized carbons (Fsp3) is 0.0714. The van der Waals surface area contributed by atoms with Gasteiger partial charge in [-0.15, -0.1) is 0 Å². The molecule has 5 nitrogen and oxygen atoms in total. The maximum atomic E-state index is 5.32. The van der Waals surface area contributed by atoms with Gasteiger partial charge in [0.2, 0.25) is 0 Å². The minimum absolute atomic E-state index is 0.656. The third kappa shape index (κ3) is 2.18. The van der Waals surface area contributed by atoms with Gasteiger partial charge in [0, 0.05) is 18.6 Å². The van der Waals surface area contributed by atoms with E-state index in [1.165, 1.54) is 0 Å². The molecule has 2 heterocycles. The summed E-state index contributed by atoms with van der Waals surface area (Å²) < 4.78 is 7.08. The maximum absolute atomic E-state index is 5.32. The molecule has 0 amide bonds. The van der Waals surface area contributed by atoms with Crippen LogP contribution in [-0.4, -0.2) is 26.9 Å². The van der Waals surface area contributed by atoms with Crippen LogP contribution < -0.4 is 4.74 Å². The van der Waals surface area contributed by atoms with Gasteiger partial charge in [0.1, 0.15) is 11.4 Å². The van der Waals surface area contributed by atoms with Crippen molar-refractivity contribution in [3.8, 4) is 22.8 Å². The Morgan fingerprint density at radius 3 is 2.63 bits per heavy atom. The normalized spacial score (nSPS) is 10.4. The van der Waals surface area contributed by atoms with Crippen LogP contribution in [0.2, 0.25) is 0 Å². The van der Waals surface area contributed by atoms with Crippen LogP contribution in [0.5, 0.6) is 5.75 Å². The Kier molecular flexibility index (Phi) is 2.94. The average molecular weight is 252 g/mol. The average Bonchev–Trinajstić information content (AvgIpc) is 2.98. The van der Waals surface area contributed by atoms with E-state index in [0.717, 1.165) is 17.0 Å².